The molecule has 0 unspecified atom stereocenters. The van der Waals surface area contributed by atoms with Crippen LogP contribution in [0, 0.1) is 6.92 Å². The molecule has 5 heteroatoms. The van der Waals surface area contributed by atoms with Crippen molar-refractivity contribution < 1.29 is 4.79 Å². The van der Waals surface area contributed by atoms with Gasteiger partial charge in [-0.05, 0) is 31.6 Å². The fourth-order valence-corrected chi connectivity index (χ4v) is 2.66. The molecule has 1 atom stereocenters. The summed E-state index contributed by atoms with van der Waals surface area (Å²) in [7, 11) is 0. The molecule has 2 rings (SSSR count). The Morgan fingerprint density at radius 3 is 2.85 bits per heavy atom. The van der Waals surface area contributed by atoms with Crippen LogP contribution in [0.5, 0.6) is 0 Å². The summed E-state index contributed by atoms with van der Waals surface area (Å²) in [6.45, 7) is 3.83. The first-order chi connectivity index (χ1) is 9.56. The van der Waals surface area contributed by atoms with E-state index < -0.39 is 0 Å². The van der Waals surface area contributed by atoms with Crippen molar-refractivity contribution >= 4 is 34.9 Å². The average Bonchev–Trinajstić information content (AvgIpc) is 2.82. The monoisotopic (exact) mass is 306 g/mol. The molecule has 0 aliphatic heterocycles. The highest BCUT2D eigenvalue weighted by atomic mass is 35.5. The Morgan fingerprint density at radius 1 is 1.45 bits per heavy atom. The third-order valence-electron chi connectivity index (χ3n) is 2.77. The quantitative estimate of drug-likeness (QED) is 0.868. The van der Waals surface area contributed by atoms with Crippen LogP contribution >= 0.6 is 22.9 Å². The Kier molecular flexibility index (Phi) is 4.93. The fourth-order valence-electron chi connectivity index (χ4n) is 1.78. The zero-order valence-electron chi connectivity index (χ0n) is 11.3. The van der Waals surface area contributed by atoms with Gasteiger partial charge in [0, 0.05) is 16.5 Å². The number of aryl methyl sites for hydroxylation is 1. The third-order valence-corrected chi connectivity index (χ3v) is 3.91. The summed E-state index contributed by atoms with van der Waals surface area (Å²) in [4.78, 5) is 16.1. The van der Waals surface area contributed by atoms with Crippen molar-refractivity contribution in [2.24, 2.45) is 0 Å². The Bertz CT molecular complexity index is 636. The van der Waals surface area contributed by atoms with Gasteiger partial charge in [0.25, 0.3) is 0 Å². The second-order valence-electron chi connectivity index (χ2n) is 4.38. The van der Waals surface area contributed by atoms with Gasteiger partial charge in [0.15, 0.2) is 0 Å². The van der Waals surface area contributed by atoms with E-state index in [1.165, 1.54) is 6.08 Å². The minimum Gasteiger partial charge on any atom is -0.346 e. The number of nitrogens with zero attached hydrogens (tertiary/aromatic N) is 1. The second-order valence-corrected chi connectivity index (χ2v) is 5.85. The first kappa shape index (κ1) is 14.8. The molecule has 1 amide bonds. The van der Waals surface area contributed by atoms with E-state index in [0.717, 1.165) is 16.3 Å². The van der Waals surface area contributed by atoms with Gasteiger partial charge in [0.05, 0.1) is 16.7 Å². The van der Waals surface area contributed by atoms with Gasteiger partial charge in [-0.2, -0.15) is 0 Å². The van der Waals surface area contributed by atoms with Gasteiger partial charge in [-0.25, -0.2) is 4.98 Å². The van der Waals surface area contributed by atoms with E-state index in [0.29, 0.717) is 5.02 Å². The van der Waals surface area contributed by atoms with Crippen molar-refractivity contribution in [1.82, 2.24) is 10.3 Å². The van der Waals surface area contributed by atoms with Gasteiger partial charge in [0.1, 0.15) is 0 Å². The Morgan fingerprint density at radius 2 is 2.20 bits per heavy atom. The number of rotatable bonds is 4. The van der Waals surface area contributed by atoms with Crippen LogP contribution in [0.1, 0.15) is 29.2 Å². The van der Waals surface area contributed by atoms with Gasteiger partial charge in [-0.3, -0.25) is 4.79 Å². The summed E-state index contributed by atoms with van der Waals surface area (Å²) in [5, 5.41) is 6.43. The number of halogens is 1. The number of benzene rings is 1. The number of carbonyl (C=O) groups excluding carboxylic acids is 1. The number of hydrogen-bond donors (Lipinski definition) is 1. The summed E-state index contributed by atoms with van der Waals surface area (Å²) in [5.74, 6) is -0.164. The smallest absolute Gasteiger partial charge is 0.244 e. The van der Waals surface area contributed by atoms with E-state index in [2.05, 4.69) is 10.3 Å². The predicted molar refractivity (Wildman–Crippen MR) is 83.9 cm³/mol. The molecular formula is C15H15ClN2OS. The lowest BCUT2D eigenvalue weighted by Crippen LogP contribution is -2.24. The first-order valence-electron chi connectivity index (χ1n) is 6.21. The van der Waals surface area contributed by atoms with Crippen LogP contribution in [0.15, 0.2) is 35.7 Å². The van der Waals surface area contributed by atoms with E-state index in [-0.39, 0.29) is 11.9 Å². The summed E-state index contributed by atoms with van der Waals surface area (Å²) in [5.41, 5.74) is 1.70. The van der Waals surface area contributed by atoms with Crippen molar-refractivity contribution in [2.75, 3.05) is 0 Å². The van der Waals surface area contributed by atoms with Crippen LogP contribution < -0.4 is 5.32 Å². The second kappa shape index (κ2) is 6.68. The highest BCUT2D eigenvalue weighted by Gasteiger charge is 2.10. The fraction of sp³-hybridized carbons (Fsp3) is 0.200. The van der Waals surface area contributed by atoms with Gasteiger partial charge < -0.3 is 5.32 Å². The summed E-state index contributed by atoms with van der Waals surface area (Å²) in [6.07, 6.45) is 3.19. The van der Waals surface area contributed by atoms with Crippen LogP contribution in [-0.4, -0.2) is 10.9 Å². The number of carbonyl (C=O) groups is 1. The molecular weight excluding hydrogens is 292 g/mol. The number of nitrogens with one attached hydrogen (secondary N) is 1. The van der Waals surface area contributed by atoms with Gasteiger partial charge in [0.2, 0.25) is 5.91 Å². The number of hydrogen-bond acceptors (Lipinski definition) is 3. The molecule has 0 aliphatic carbocycles. The van der Waals surface area contributed by atoms with Gasteiger partial charge in [-0.15, -0.1) is 11.3 Å². The van der Waals surface area contributed by atoms with E-state index >= 15 is 0 Å². The molecule has 20 heavy (non-hydrogen) atoms. The van der Waals surface area contributed by atoms with Crippen LogP contribution in [0.2, 0.25) is 5.02 Å². The number of aromatic nitrogens is 1. The molecule has 0 radical (unpaired) electrons. The lowest BCUT2D eigenvalue weighted by Gasteiger charge is -2.14. The average molecular weight is 307 g/mol. The number of thiazole rings is 1. The zero-order valence-corrected chi connectivity index (χ0v) is 12.8. The lowest BCUT2D eigenvalue weighted by atomic mass is 10.1. The van der Waals surface area contributed by atoms with Crippen molar-refractivity contribution in [3.63, 3.8) is 0 Å². The van der Waals surface area contributed by atoms with E-state index in [1.54, 1.807) is 17.4 Å². The van der Waals surface area contributed by atoms with Crippen LogP contribution in [0.4, 0.5) is 0 Å². The minimum atomic E-state index is -0.164. The van der Waals surface area contributed by atoms with Crippen LogP contribution in [0.25, 0.3) is 6.08 Å². The maximum absolute atomic E-state index is 11.9. The maximum Gasteiger partial charge on any atom is 0.244 e. The summed E-state index contributed by atoms with van der Waals surface area (Å²) >= 11 is 7.66. The molecule has 0 bridgehead atoms. The normalized spacial score (nSPS) is 12.6. The van der Waals surface area contributed by atoms with Crippen molar-refractivity contribution in [3.8, 4) is 0 Å². The van der Waals surface area contributed by atoms with Crippen LogP contribution in [-0.2, 0) is 4.79 Å². The molecule has 2 aromatic rings. The lowest BCUT2D eigenvalue weighted by molar-refractivity contribution is -0.117. The molecule has 0 saturated heterocycles. The third kappa shape index (κ3) is 3.92. The summed E-state index contributed by atoms with van der Waals surface area (Å²) in [6, 6.07) is 7.34. The van der Waals surface area contributed by atoms with E-state index in [4.69, 9.17) is 11.6 Å². The van der Waals surface area contributed by atoms with E-state index in [1.807, 2.05) is 43.5 Å². The van der Waals surface area contributed by atoms with E-state index in [9.17, 15) is 4.79 Å². The van der Waals surface area contributed by atoms with Crippen molar-refractivity contribution in [2.45, 2.75) is 19.9 Å². The molecule has 104 valence electrons. The molecule has 3 nitrogen and oxygen atoms in total. The minimum absolute atomic E-state index is 0.141. The predicted octanol–water partition coefficient (Wildman–Crippen LogP) is 4.00. The largest absolute Gasteiger partial charge is 0.346 e. The number of amides is 1. The van der Waals surface area contributed by atoms with Crippen LogP contribution in [0.3, 0.4) is 0 Å². The molecule has 1 N–H and O–H groups in total. The highest BCUT2D eigenvalue weighted by molar-refractivity contribution is 7.09. The van der Waals surface area contributed by atoms with Crippen molar-refractivity contribution in [1.29, 1.82) is 0 Å². The molecule has 1 heterocycles. The topological polar surface area (TPSA) is 42.0 Å². The first-order valence-corrected chi connectivity index (χ1v) is 7.47. The van der Waals surface area contributed by atoms with Gasteiger partial charge in [-0.1, -0.05) is 29.8 Å². The Balaban J connectivity index is 1.98. The Labute approximate surface area is 127 Å². The molecule has 0 saturated carbocycles. The zero-order chi connectivity index (χ0) is 14.5. The molecule has 0 spiro atoms. The molecule has 0 fully saturated rings. The van der Waals surface area contributed by atoms with Crippen molar-refractivity contribution in [3.05, 3.63) is 57.0 Å². The Hall–Kier alpha value is -1.65. The summed E-state index contributed by atoms with van der Waals surface area (Å²) < 4.78 is 0. The maximum atomic E-state index is 11.9. The standard InChI is InChI=1S/C15H15ClN2OS/c1-10(13-5-3-4-6-14(13)16)17-15(19)8-7-12-9-20-11(2)18-12/h3-10H,1-2H3,(H,17,19)/b8-7-/t10-/m1/s1. The highest BCUT2D eigenvalue weighted by Crippen LogP contribution is 2.22. The SMILES string of the molecule is Cc1nc(/C=C\C(=O)N[C@H](C)c2ccccc2Cl)cs1. The molecule has 1 aromatic heterocycles. The van der Waals surface area contributed by atoms with Gasteiger partial charge >= 0.3 is 0 Å². The molecule has 0 aliphatic rings. The molecule has 1 aromatic carbocycles.